The first-order valence-electron chi connectivity index (χ1n) is 4.19. The van der Waals surface area contributed by atoms with Crippen molar-refractivity contribution in [3.05, 3.63) is 35.7 Å². The molecule has 1 aromatic rings. The Morgan fingerprint density at radius 2 is 2.50 bits per heavy atom. The number of allylic oxidation sites excluding steroid dienone is 1. The third kappa shape index (κ3) is 1.20. The highest BCUT2D eigenvalue weighted by Crippen LogP contribution is 2.21. The van der Waals surface area contributed by atoms with Gasteiger partial charge in [0.1, 0.15) is 0 Å². The largest absolute Gasteiger partial charge is 0.447 e. The van der Waals surface area contributed by atoms with Crippen molar-refractivity contribution in [3.63, 3.8) is 0 Å². The van der Waals surface area contributed by atoms with Gasteiger partial charge in [-0.25, -0.2) is 4.98 Å². The Bertz CT molecular complexity index is 318. The third-order valence-electron chi connectivity index (χ3n) is 2.00. The first kappa shape index (κ1) is 7.35. The van der Waals surface area contributed by atoms with Crippen LogP contribution in [-0.4, -0.2) is 4.98 Å². The summed E-state index contributed by atoms with van der Waals surface area (Å²) < 4.78 is 5.23. The molecule has 0 radical (unpaired) electrons. The maximum absolute atomic E-state index is 5.23. The fraction of sp³-hybridized carbons (Fsp3) is 0.300. The summed E-state index contributed by atoms with van der Waals surface area (Å²) in [5.41, 5.74) is 2.46. The highest BCUT2D eigenvalue weighted by atomic mass is 16.5. The second-order valence-electron chi connectivity index (χ2n) is 2.86. The Balaban J connectivity index is 2.39. The number of rotatable bonds is 1. The number of aromatic nitrogens is 1. The van der Waals surface area contributed by atoms with Gasteiger partial charge in [-0.2, -0.15) is 0 Å². The van der Waals surface area contributed by atoms with Crippen molar-refractivity contribution in [3.8, 4) is 5.88 Å². The minimum Gasteiger partial charge on any atom is -0.447 e. The van der Waals surface area contributed by atoms with Crippen LogP contribution in [0.2, 0.25) is 0 Å². The molecule has 0 unspecified atom stereocenters. The van der Waals surface area contributed by atoms with E-state index >= 15 is 0 Å². The van der Waals surface area contributed by atoms with E-state index in [0.29, 0.717) is 0 Å². The second-order valence-corrected chi connectivity index (χ2v) is 2.86. The smallest absolute Gasteiger partial charge is 0.221 e. The lowest BCUT2D eigenvalue weighted by atomic mass is 10.1. The minimum absolute atomic E-state index is 0.759. The molecule has 1 aliphatic heterocycles. The topological polar surface area (TPSA) is 22.1 Å². The van der Waals surface area contributed by atoms with Gasteiger partial charge in [0.15, 0.2) is 0 Å². The Morgan fingerprint density at radius 1 is 1.58 bits per heavy atom. The standard InChI is InChI=1S/C10H11NO/c1-2-8-6-9-4-3-5-12-10(9)11-7-8/h3,5-7H,2,4H2,1H3. The SMILES string of the molecule is CCc1cnc2c(c1)CC=CO2. The fourth-order valence-corrected chi connectivity index (χ4v) is 1.28. The average Bonchev–Trinajstić information content (AvgIpc) is 2.17. The number of ether oxygens (including phenoxy) is 1. The van der Waals surface area contributed by atoms with E-state index in [-0.39, 0.29) is 0 Å². The molecule has 0 spiro atoms. The van der Waals surface area contributed by atoms with Crippen molar-refractivity contribution < 1.29 is 4.74 Å². The Hall–Kier alpha value is -1.31. The van der Waals surface area contributed by atoms with Crippen LogP contribution < -0.4 is 4.74 Å². The maximum atomic E-state index is 5.23. The van der Waals surface area contributed by atoms with Crippen LogP contribution in [0.3, 0.4) is 0 Å². The quantitative estimate of drug-likeness (QED) is 0.629. The molecule has 62 valence electrons. The van der Waals surface area contributed by atoms with E-state index in [1.807, 2.05) is 12.3 Å². The number of aryl methyl sites for hydroxylation is 1. The van der Waals surface area contributed by atoms with Gasteiger partial charge in [0.05, 0.1) is 6.26 Å². The highest BCUT2D eigenvalue weighted by molar-refractivity contribution is 5.33. The summed E-state index contributed by atoms with van der Waals surface area (Å²) in [6.07, 6.45) is 7.54. The molecule has 0 N–H and O–H groups in total. The molecule has 0 atom stereocenters. The molecule has 2 rings (SSSR count). The molecule has 12 heavy (non-hydrogen) atoms. The van der Waals surface area contributed by atoms with Gasteiger partial charge >= 0.3 is 0 Å². The van der Waals surface area contributed by atoms with Crippen LogP contribution >= 0.6 is 0 Å². The van der Waals surface area contributed by atoms with Crippen LogP contribution in [0.15, 0.2) is 24.6 Å². The van der Waals surface area contributed by atoms with Crippen LogP contribution in [0, 0.1) is 0 Å². The van der Waals surface area contributed by atoms with E-state index in [1.54, 1.807) is 6.26 Å². The molecule has 0 fully saturated rings. The molecule has 0 aromatic carbocycles. The van der Waals surface area contributed by atoms with Crippen LogP contribution in [0.4, 0.5) is 0 Å². The van der Waals surface area contributed by atoms with Gasteiger partial charge in [-0.1, -0.05) is 6.92 Å². The van der Waals surface area contributed by atoms with Crippen LogP contribution in [0.5, 0.6) is 5.88 Å². The Labute approximate surface area is 71.9 Å². The Kier molecular flexibility index (Phi) is 1.82. The molecule has 0 bridgehead atoms. The summed E-state index contributed by atoms with van der Waals surface area (Å²) in [4.78, 5) is 4.22. The van der Waals surface area contributed by atoms with E-state index < -0.39 is 0 Å². The molecule has 2 nitrogen and oxygen atoms in total. The molecular weight excluding hydrogens is 150 g/mol. The molecule has 1 aromatic heterocycles. The zero-order chi connectivity index (χ0) is 8.39. The number of hydrogen-bond acceptors (Lipinski definition) is 2. The van der Waals surface area contributed by atoms with Gasteiger partial charge in [0, 0.05) is 11.8 Å². The average molecular weight is 161 g/mol. The summed E-state index contributed by atoms with van der Waals surface area (Å²) in [6, 6.07) is 2.16. The number of nitrogens with zero attached hydrogens (tertiary/aromatic N) is 1. The Morgan fingerprint density at radius 3 is 3.33 bits per heavy atom. The lowest BCUT2D eigenvalue weighted by Crippen LogP contribution is -1.99. The van der Waals surface area contributed by atoms with Crippen molar-refractivity contribution in [2.75, 3.05) is 0 Å². The molecule has 0 amide bonds. The van der Waals surface area contributed by atoms with Gasteiger partial charge in [0.25, 0.3) is 0 Å². The first-order chi connectivity index (χ1) is 5.90. The summed E-state index contributed by atoms with van der Waals surface area (Å²) in [5, 5.41) is 0. The number of hydrogen-bond donors (Lipinski definition) is 0. The van der Waals surface area contributed by atoms with Crippen LogP contribution in [0.25, 0.3) is 0 Å². The lowest BCUT2D eigenvalue weighted by molar-refractivity contribution is 0.444. The van der Waals surface area contributed by atoms with Crippen LogP contribution in [0.1, 0.15) is 18.1 Å². The van der Waals surface area contributed by atoms with Gasteiger partial charge in [0.2, 0.25) is 5.88 Å². The molecule has 0 saturated heterocycles. The maximum Gasteiger partial charge on any atom is 0.221 e. The molecule has 0 saturated carbocycles. The molecule has 0 aliphatic carbocycles. The van der Waals surface area contributed by atoms with Crippen LogP contribution in [-0.2, 0) is 12.8 Å². The zero-order valence-corrected chi connectivity index (χ0v) is 7.08. The molecule has 1 aliphatic rings. The summed E-state index contributed by atoms with van der Waals surface area (Å²) >= 11 is 0. The summed E-state index contributed by atoms with van der Waals surface area (Å²) in [7, 11) is 0. The van der Waals surface area contributed by atoms with Crippen molar-refractivity contribution in [2.24, 2.45) is 0 Å². The fourth-order valence-electron chi connectivity index (χ4n) is 1.28. The van der Waals surface area contributed by atoms with Crippen molar-refractivity contribution >= 4 is 0 Å². The minimum atomic E-state index is 0.759. The van der Waals surface area contributed by atoms with E-state index in [9.17, 15) is 0 Å². The normalized spacial score (nSPS) is 13.8. The zero-order valence-electron chi connectivity index (χ0n) is 7.08. The highest BCUT2D eigenvalue weighted by Gasteiger charge is 2.07. The first-order valence-corrected chi connectivity index (χ1v) is 4.19. The lowest BCUT2D eigenvalue weighted by Gasteiger charge is -2.10. The summed E-state index contributed by atoms with van der Waals surface area (Å²) in [5.74, 6) is 0.759. The third-order valence-corrected chi connectivity index (χ3v) is 2.00. The van der Waals surface area contributed by atoms with Gasteiger partial charge in [-0.15, -0.1) is 0 Å². The van der Waals surface area contributed by atoms with E-state index in [1.165, 1.54) is 11.1 Å². The predicted molar refractivity (Wildman–Crippen MR) is 47.1 cm³/mol. The van der Waals surface area contributed by atoms with Crippen molar-refractivity contribution in [1.29, 1.82) is 0 Å². The number of fused-ring (bicyclic) bond motifs is 1. The van der Waals surface area contributed by atoms with E-state index in [0.717, 1.165) is 18.7 Å². The van der Waals surface area contributed by atoms with Crippen molar-refractivity contribution in [1.82, 2.24) is 4.98 Å². The second kappa shape index (κ2) is 2.97. The van der Waals surface area contributed by atoms with Crippen molar-refractivity contribution in [2.45, 2.75) is 19.8 Å². The van der Waals surface area contributed by atoms with Gasteiger partial charge < -0.3 is 4.74 Å². The molecule has 2 heterocycles. The number of pyridine rings is 1. The molecular formula is C10H11NO. The van der Waals surface area contributed by atoms with E-state index in [2.05, 4.69) is 18.0 Å². The van der Waals surface area contributed by atoms with Gasteiger partial charge in [-0.05, 0) is 30.5 Å². The summed E-state index contributed by atoms with van der Waals surface area (Å²) in [6.45, 7) is 2.13. The predicted octanol–water partition coefficient (Wildman–Crippen LogP) is 2.09. The van der Waals surface area contributed by atoms with E-state index in [4.69, 9.17) is 4.74 Å². The van der Waals surface area contributed by atoms with Gasteiger partial charge in [-0.3, -0.25) is 0 Å². The molecule has 2 heteroatoms. The monoisotopic (exact) mass is 161 g/mol.